The second-order valence-electron chi connectivity index (χ2n) is 8.39. The summed E-state index contributed by atoms with van der Waals surface area (Å²) in [4.78, 5) is 29.8. The van der Waals surface area contributed by atoms with Crippen LogP contribution in [0, 0.1) is 19.7 Å². The Hall–Kier alpha value is -3.17. The van der Waals surface area contributed by atoms with Crippen molar-refractivity contribution in [1.82, 2.24) is 9.55 Å². The molecule has 0 bridgehead atoms. The van der Waals surface area contributed by atoms with Gasteiger partial charge >= 0.3 is 5.97 Å². The molecule has 3 aromatic rings. The molecule has 0 aliphatic heterocycles. The molecule has 9 heteroatoms. The lowest BCUT2D eigenvalue weighted by Gasteiger charge is -2.18. The number of imidazole rings is 1. The zero-order valence-corrected chi connectivity index (χ0v) is 20.6. The number of ether oxygens (including phenoxy) is 1. The number of anilines is 1. The molecule has 1 amide bonds. The maximum Gasteiger partial charge on any atom is 0.319 e. The highest BCUT2D eigenvalue weighted by atomic mass is 32.2. The van der Waals surface area contributed by atoms with Crippen LogP contribution in [-0.2, 0) is 16.1 Å². The summed E-state index contributed by atoms with van der Waals surface area (Å²) in [5, 5.41) is 12.0. The Bertz CT molecular complexity index is 1210. The molecule has 0 aliphatic rings. The first-order chi connectivity index (χ1) is 16.0. The van der Waals surface area contributed by atoms with Gasteiger partial charge in [-0.05, 0) is 57.5 Å². The summed E-state index contributed by atoms with van der Waals surface area (Å²) in [6.45, 7) is 7.79. The van der Waals surface area contributed by atoms with Crippen LogP contribution in [0.2, 0.25) is 0 Å². The molecule has 1 heterocycles. The summed E-state index contributed by atoms with van der Waals surface area (Å²) >= 11 is 1.25. The minimum Gasteiger partial charge on any atom is -0.480 e. The lowest BCUT2D eigenvalue weighted by atomic mass is 10.2. The molecule has 1 aromatic heterocycles. The van der Waals surface area contributed by atoms with E-state index in [0.717, 1.165) is 16.0 Å². The first kappa shape index (κ1) is 25.5. The smallest absolute Gasteiger partial charge is 0.319 e. The van der Waals surface area contributed by atoms with Crippen molar-refractivity contribution in [2.24, 2.45) is 0 Å². The molecule has 2 N–H and O–H groups in total. The molecule has 34 heavy (non-hydrogen) atoms. The SMILES string of the molecule is COCCn1c(-c2ccc(SC(C)(C)C(=O)O)cc2)nc(C(=O)Nc2cc(C)ccc2F)c1C. The van der Waals surface area contributed by atoms with Crippen molar-refractivity contribution in [2.75, 3.05) is 19.0 Å². The van der Waals surface area contributed by atoms with Gasteiger partial charge in [0.05, 0.1) is 12.3 Å². The summed E-state index contributed by atoms with van der Waals surface area (Å²) in [6.07, 6.45) is 0. The summed E-state index contributed by atoms with van der Waals surface area (Å²) < 4.78 is 20.3. The molecular weight excluding hydrogens is 457 g/mol. The molecule has 0 unspecified atom stereocenters. The van der Waals surface area contributed by atoms with Gasteiger partial charge in [0, 0.05) is 29.8 Å². The highest BCUT2D eigenvalue weighted by Crippen LogP contribution is 2.34. The highest BCUT2D eigenvalue weighted by Gasteiger charge is 2.28. The fourth-order valence-corrected chi connectivity index (χ4v) is 4.30. The van der Waals surface area contributed by atoms with Crippen molar-refractivity contribution in [1.29, 1.82) is 0 Å². The van der Waals surface area contributed by atoms with Crippen LogP contribution in [-0.4, -0.2) is 45.0 Å². The Morgan fingerprint density at radius 1 is 1.18 bits per heavy atom. The summed E-state index contributed by atoms with van der Waals surface area (Å²) in [7, 11) is 1.59. The van der Waals surface area contributed by atoms with Crippen molar-refractivity contribution in [3.63, 3.8) is 0 Å². The first-order valence-corrected chi connectivity index (χ1v) is 11.5. The number of aliphatic carboxylic acids is 1. The first-order valence-electron chi connectivity index (χ1n) is 10.7. The van der Waals surface area contributed by atoms with Gasteiger partial charge in [-0.25, -0.2) is 9.37 Å². The fraction of sp³-hybridized carbons (Fsp3) is 0.320. The molecule has 0 fully saturated rings. The molecule has 0 aliphatic carbocycles. The number of halogens is 1. The van der Waals surface area contributed by atoms with Gasteiger partial charge in [0.25, 0.3) is 5.91 Å². The van der Waals surface area contributed by atoms with Crippen LogP contribution in [0.15, 0.2) is 47.4 Å². The number of aryl methyl sites for hydroxylation is 1. The molecule has 0 saturated heterocycles. The van der Waals surface area contributed by atoms with Gasteiger partial charge in [-0.2, -0.15) is 0 Å². The molecule has 2 aromatic carbocycles. The molecule has 180 valence electrons. The van der Waals surface area contributed by atoms with Gasteiger partial charge in [0.15, 0.2) is 0 Å². The minimum atomic E-state index is -0.967. The van der Waals surface area contributed by atoms with Crippen molar-refractivity contribution in [3.8, 4) is 11.4 Å². The normalized spacial score (nSPS) is 11.5. The lowest BCUT2D eigenvalue weighted by Crippen LogP contribution is -2.26. The summed E-state index contributed by atoms with van der Waals surface area (Å²) in [6, 6.07) is 11.9. The third-order valence-corrected chi connectivity index (χ3v) is 6.52. The number of benzene rings is 2. The Labute approximate surface area is 202 Å². The van der Waals surface area contributed by atoms with Crippen molar-refractivity contribution in [2.45, 2.75) is 43.9 Å². The Morgan fingerprint density at radius 3 is 2.47 bits per heavy atom. The van der Waals surface area contributed by atoms with Crippen LogP contribution < -0.4 is 5.32 Å². The van der Waals surface area contributed by atoms with E-state index in [4.69, 9.17) is 4.74 Å². The maximum atomic E-state index is 14.2. The van der Waals surface area contributed by atoms with E-state index in [1.807, 2.05) is 35.8 Å². The molecule has 0 spiro atoms. The van der Waals surface area contributed by atoms with Crippen LogP contribution in [0.3, 0.4) is 0 Å². The Kier molecular flexibility index (Phi) is 7.78. The summed E-state index contributed by atoms with van der Waals surface area (Å²) in [5.74, 6) is -1.35. The number of hydrogen-bond acceptors (Lipinski definition) is 5. The van der Waals surface area contributed by atoms with Gasteiger partial charge in [0.1, 0.15) is 22.1 Å². The van der Waals surface area contributed by atoms with Gasteiger partial charge in [-0.1, -0.05) is 18.2 Å². The maximum absolute atomic E-state index is 14.2. The van der Waals surface area contributed by atoms with E-state index < -0.39 is 22.4 Å². The quantitative estimate of drug-likeness (QED) is 0.407. The zero-order chi connectivity index (χ0) is 25.0. The fourth-order valence-electron chi connectivity index (χ4n) is 3.35. The van der Waals surface area contributed by atoms with E-state index in [1.165, 1.54) is 17.8 Å². The van der Waals surface area contributed by atoms with Gasteiger partial charge in [0.2, 0.25) is 0 Å². The molecule has 0 atom stereocenters. The van der Waals surface area contributed by atoms with E-state index >= 15 is 0 Å². The number of carbonyl (C=O) groups excluding carboxylic acids is 1. The number of rotatable bonds is 9. The number of carboxylic acids is 1. The number of amides is 1. The van der Waals surface area contributed by atoms with E-state index in [2.05, 4.69) is 10.3 Å². The monoisotopic (exact) mass is 485 g/mol. The minimum absolute atomic E-state index is 0.0971. The second kappa shape index (κ2) is 10.4. The highest BCUT2D eigenvalue weighted by molar-refractivity contribution is 8.01. The van der Waals surface area contributed by atoms with Crippen molar-refractivity contribution in [3.05, 3.63) is 65.2 Å². The molecule has 0 radical (unpaired) electrons. The average molecular weight is 486 g/mol. The third kappa shape index (κ3) is 5.66. The predicted molar refractivity (Wildman–Crippen MR) is 131 cm³/mol. The van der Waals surface area contributed by atoms with Gasteiger partial charge in [-0.15, -0.1) is 11.8 Å². The van der Waals surface area contributed by atoms with Gasteiger partial charge in [-0.3, -0.25) is 9.59 Å². The largest absolute Gasteiger partial charge is 0.480 e. The predicted octanol–water partition coefficient (Wildman–Crippen LogP) is 5.16. The van der Waals surface area contributed by atoms with Gasteiger partial charge < -0.3 is 19.7 Å². The van der Waals surface area contributed by atoms with Crippen LogP contribution in [0.25, 0.3) is 11.4 Å². The van der Waals surface area contributed by atoms with Crippen LogP contribution in [0.1, 0.15) is 35.6 Å². The van der Waals surface area contributed by atoms with E-state index in [0.29, 0.717) is 24.7 Å². The van der Waals surface area contributed by atoms with E-state index in [9.17, 15) is 19.1 Å². The standard InChI is InChI=1S/C25H28FN3O4S/c1-15-6-11-19(26)20(14-15)27-23(30)21-16(2)29(12-13-33-5)22(28-21)17-7-9-18(10-8-17)34-25(3,4)24(31)32/h6-11,14H,12-13H2,1-5H3,(H,27,30)(H,31,32). The molecular formula is C25H28FN3O4S. The molecule has 7 nitrogen and oxygen atoms in total. The summed E-state index contributed by atoms with van der Waals surface area (Å²) in [5.41, 5.74) is 2.50. The molecule has 3 rings (SSSR count). The average Bonchev–Trinajstić information content (AvgIpc) is 3.11. The number of aromatic nitrogens is 2. The second-order valence-corrected chi connectivity index (χ2v) is 10.1. The molecule has 0 saturated carbocycles. The number of methoxy groups -OCH3 is 1. The number of hydrogen-bond donors (Lipinski definition) is 2. The van der Waals surface area contributed by atoms with Crippen molar-refractivity contribution >= 4 is 29.3 Å². The van der Waals surface area contributed by atoms with Crippen LogP contribution in [0.4, 0.5) is 10.1 Å². The van der Waals surface area contributed by atoms with Crippen LogP contribution in [0.5, 0.6) is 0 Å². The van der Waals surface area contributed by atoms with E-state index in [1.54, 1.807) is 40.0 Å². The third-order valence-electron chi connectivity index (χ3n) is 5.33. The number of carboxylic acid groups (broad SMARTS) is 1. The van der Waals surface area contributed by atoms with E-state index in [-0.39, 0.29) is 11.4 Å². The number of thioether (sulfide) groups is 1. The topological polar surface area (TPSA) is 93.4 Å². The number of nitrogens with one attached hydrogen (secondary N) is 1. The van der Waals surface area contributed by atoms with Crippen molar-refractivity contribution < 1.29 is 23.8 Å². The lowest BCUT2D eigenvalue weighted by molar-refractivity contribution is -0.138. The number of nitrogens with zero attached hydrogens (tertiary/aromatic N) is 2. The Morgan fingerprint density at radius 2 is 1.85 bits per heavy atom. The Balaban J connectivity index is 1.94. The van der Waals surface area contributed by atoms with Crippen LogP contribution >= 0.6 is 11.8 Å². The number of carbonyl (C=O) groups is 2. The zero-order valence-electron chi connectivity index (χ0n) is 19.8.